The molecule has 3 amide bonds. The standard InChI is InChI=1S/C27H27N7O6/c28-25(37)23(11-9-16(35)13-31-29)33-26(38)24(12-10-17(36)14-32-30)34-27(39)40-15-22-20-7-3-1-5-18(20)19-6-2-4-8-21(19)22/h1-8,13-14,22-24H,9-12,15H2,(H2,28,37)(H,33,38)(H,34,39)/t23-,24-/m0/s1. The molecule has 1 aliphatic carbocycles. The number of fused-ring (bicyclic) bond motifs is 3. The van der Waals surface area contributed by atoms with Crippen molar-refractivity contribution in [1.29, 1.82) is 0 Å². The third kappa shape index (κ3) is 7.64. The lowest BCUT2D eigenvalue weighted by atomic mass is 9.98. The Kier molecular flexibility index (Phi) is 10.3. The summed E-state index contributed by atoms with van der Waals surface area (Å²) in [6, 6.07) is 12.9. The monoisotopic (exact) mass is 545 g/mol. The van der Waals surface area contributed by atoms with E-state index in [1.165, 1.54) is 0 Å². The Balaban J connectivity index is 1.69. The molecule has 0 aromatic heterocycles. The molecule has 13 nitrogen and oxygen atoms in total. The van der Waals surface area contributed by atoms with Gasteiger partial charge < -0.3 is 32.2 Å². The predicted molar refractivity (Wildman–Crippen MR) is 141 cm³/mol. The van der Waals surface area contributed by atoms with Crippen LogP contribution in [0, 0.1) is 0 Å². The van der Waals surface area contributed by atoms with Crippen molar-refractivity contribution in [2.24, 2.45) is 5.73 Å². The van der Waals surface area contributed by atoms with E-state index in [2.05, 4.69) is 20.2 Å². The number of hydrogen-bond donors (Lipinski definition) is 3. The lowest BCUT2D eigenvalue weighted by molar-refractivity contribution is -0.129. The minimum absolute atomic E-state index is 0.0251. The van der Waals surface area contributed by atoms with Crippen molar-refractivity contribution in [1.82, 2.24) is 10.6 Å². The molecule has 0 aliphatic heterocycles. The van der Waals surface area contributed by atoms with Crippen LogP contribution in [0.1, 0.15) is 42.7 Å². The van der Waals surface area contributed by atoms with E-state index in [0.29, 0.717) is 12.4 Å². The summed E-state index contributed by atoms with van der Waals surface area (Å²) in [5, 5.41) is 4.77. The number of primary amides is 1. The van der Waals surface area contributed by atoms with E-state index in [9.17, 15) is 24.0 Å². The topological polar surface area (TPSA) is 217 Å². The minimum atomic E-state index is -1.33. The number of benzene rings is 2. The molecule has 0 saturated carbocycles. The summed E-state index contributed by atoms with van der Waals surface area (Å²) in [7, 11) is 0. The van der Waals surface area contributed by atoms with Crippen LogP contribution in [0.2, 0.25) is 0 Å². The Morgan fingerprint density at radius 3 is 1.82 bits per heavy atom. The fraction of sp³-hybridized carbons (Fsp3) is 0.296. The molecule has 2 atom stereocenters. The van der Waals surface area contributed by atoms with Gasteiger partial charge in [0.15, 0.2) is 0 Å². The van der Waals surface area contributed by atoms with E-state index >= 15 is 0 Å². The largest absolute Gasteiger partial charge is 0.449 e. The summed E-state index contributed by atoms with van der Waals surface area (Å²) in [6.45, 7) is -0.0251. The zero-order chi connectivity index (χ0) is 29.1. The van der Waals surface area contributed by atoms with Gasteiger partial charge in [-0.25, -0.2) is 4.79 Å². The molecular weight excluding hydrogens is 518 g/mol. The molecule has 4 N–H and O–H groups in total. The molecule has 2 aromatic carbocycles. The van der Waals surface area contributed by atoms with Crippen LogP contribution in [0.15, 0.2) is 48.5 Å². The molecule has 0 saturated heterocycles. The highest BCUT2D eigenvalue weighted by atomic mass is 16.5. The summed E-state index contributed by atoms with van der Waals surface area (Å²) >= 11 is 0. The summed E-state index contributed by atoms with van der Waals surface area (Å²) in [5.74, 6) is -3.24. The number of nitrogens with two attached hydrogens (primary N) is 1. The van der Waals surface area contributed by atoms with E-state index in [1.807, 2.05) is 48.5 Å². The van der Waals surface area contributed by atoms with E-state index in [4.69, 9.17) is 21.5 Å². The van der Waals surface area contributed by atoms with Crippen molar-refractivity contribution in [2.75, 3.05) is 6.61 Å². The smallest absolute Gasteiger partial charge is 0.407 e. The molecule has 3 rings (SSSR count). The van der Waals surface area contributed by atoms with Gasteiger partial charge in [0.1, 0.15) is 18.7 Å². The highest BCUT2D eigenvalue weighted by molar-refractivity contribution is 6.25. The van der Waals surface area contributed by atoms with Crippen LogP contribution in [-0.2, 0) is 23.9 Å². The number of carbonyl (C=O) groups is 5. The van der Waals surface area contributed by atoms with Gasteiger partial charge in [0, 0.05) is 18.8 Å². The summed E-state index contributed by atoms with van der Waals surface area (Å²) < 4.78 is 5.48. The van der Waals surface area contributed by atoms with Crippen LogP contribution < -0.4 is 16.4 Å². The predicted octanol–water partition coefficient (Wildman–Crippen LogP) is 1.16. The van der Waals surface area contributed by atoms with Crippen LogP contribution >= 0.6 is 0 Å². The maximum Gasteiger partial charge on any atom is 0.407 e. The van der Waals surface area contributed by atoms with Gasteiger partial charge in [0.25, 0.3) is 0 Å². The Hall–Kier alpha value is -5.25. The van der Waals surface area contributed by atoms with E-state index in [1.54, 1.807) is 0 Å². The third-order valence-electron chi connectivity index (χ3n) is 6.37. The first-order valence-electron chi connectivity index (χ1n) is 12.4. The molecule has 0 fully saturated rings. The SMILES string of the molecule is [N-]=[N+]=CC(=O)CC[C@H](NC(=O)[C@H](CCC(=O)C=[N+]=[N-])NC(=O)OCC1c2ccccc2-c2ccccc21)C(N)=O. The Labute approximate surface area is 228 Å². The Bertz CT molecular complexity index is 1370. The van der Waals surface area contributed by atoms with Gasteiger partial charge in [0.05, 0.1) is 0 Å². The molecule has 40 heavy (non-hydrogen) atoms. The van der Waals surface area contributed by atoms with Crippen LogP contribution in [-0.4, -0.2) is 70.2 Å². The number of hydrogen-bond acceptors (Lipinski definition) is 6. The van der Waals surface area contributed by atoms with Gasteiger partial charge in [-0.05, 0) is 35.1 Å². The van der Waals surface area contributed by atoms with E-state index in [0.717, 1.165) is 22.3 Å². The average Bonchev–Trinajstić information content (AvgIpc) is 3.25. The van der Waals surface area contributed by atoms with Gasteiger partial charge in [0.2, 0.25) is 23.4 Å². The number of ether oxygens (including phenoxy) is 1. The molecular formula is C27H27N7O6. The highest BCUT2D eigenvalue weighted by Crippen LogP contribution is 2.44. The highest BCUT2D eigenvalue weighted by Gasteiger charge is 2.31. The quantitative estimate of drug-likeness (QED) is 0.179. The number of ketones is 2. The van der Waals surface area contributed by atoms with Crippen molar-refractivity contribution in [3.63, 3.8) is 0 Å². The number of alkyl carbamates (subject to hydrolysis) is 1. The number of Topliss-reactive ketones (excluding diaryl/α,β-unsaturated/α-hetero) is 2. The normalized spacial score (nSPS) is 12.8. The first kappa shape index (κ1) is 29.3. The van der Waals surface area contributed by atoms with E-state index < -0.39 is 41.6 Å². The maximum atomic E-state index is 13.0. The molecule has 0 bridgehead atoms. The first-order valence-corrected chi connectivity index (χ1v) is 12.4. The lowest BCUT2D eigenvalue weighted by Crippen LogP contribution is -2.53. The second kappa shape index (κ2) is 14.1. The van der Waals surface area contributed by atoms with Gasteiger partial charge in [-0.2, -0.15) is 9.58 Å². The zero-order valence-corrected chi connectivity index (χ0v) is 21.4. The number of nitrogens with zero attached hydrogens (tertiary/aromatic N) is 4. The molecule has 206 valence electrons. The van der Waals surface area contributed by atoms with Crippen molar-refractivity contribution in [3.8, 4) is 11.1 Å². The minimum Gasteiger partial charge on any atom is -0.449 e. The fourth-order valence-corrected chi connectivity index (χ4v) is 4.44. The summed E-state index contributed by atoms with van der Waals surface area (Å²) in [5.41, 5.74) is 26.4. The van der Waals surface area contributed by atoms with Crippen LogP contribution in [0.25, 0.3) is 22.2 Å². The third-order valence-corrected chi connectivity index (χ3v) is 6.37. The number of amides is 3. The lowest BCUT2D eigenvalue weighted by Gasteiger charge is -2.22. The van der Waals surface area contributed by atoms with Crippen molar-refractivity contribution >= 4 is 41.9 Å². The number of rotatable bonds is 14. The van der Waals surface area contributed by atoms with Gasteiger partial charge in [-0.15, -0.1) is 0 Å². The zero-order valence-electron chi connectivity index (χ0n) is 21.4. The number of carbonyl (C=O) groups excluding carboxylic acids is 5. The van der Waals surface area contributed by atoms with Crippen molar-refractivity contribution < 1.29 is 38.3 Å². The van der Waals surface area contributed by atoms with Gasteiger partial charge in [-0.1, -0.05) is 48.5 Å². The molecule has 2 aromatic rings. The fourth-order valence-electron chi connectivity index (χ4n) is 4.44. The van der Waals surface area contributed by atoms with Crippen molar-refractivity contribution in [2.45, 2.75) is 43.7 Å². The van der Waals surface area contributed by atoms with Crippen LogP contribution in [0.3, 0.4) is 0 Å². The summed E-state index contributed by atoms with van der Waals surface area (Å²) in [4.78, 5) is 66.3. The summed E-state index contributed by atoms with van der Waals surface area (Å²) in [6.07, 6.45) is -0.581. The second-order valence-corrected chi connectivity index (χ2v) is 8.99. The maximum absolute atomic E-state index is 13.0. The van der Waals surface area contributed by atoms with Crippen molar-refractivity contribution in [3.05, 3.63) is 70.7 Å². The first-order chi connectivity index (χ1) is 19.2. The molecule has 0 spiro atoms. The molecule has 0 radical (unpaired) electrons. The van der Waals surface area contributed by atoms with Crippen LogP contribution in [0.5, 0.6) is 0 Å². The average molecular weight is 546 g/mol. The second-order valence-electron chi connectivity index (χ2n) is 8.99. The molecule has 0 heterocycles. The molecule has 0 unspecified atom stereocenters. The van der Waals surface area contributed by atoms with Gasteiger partial charge in [-0.3, -0.25) is 19.2 Å². The van der Waals surface area contributed by atoms with Gasteiger partial charge >= 0.3 is 18.5 Å². The Morgan fingerprint density at radius 2 is 1.32 bits per heavy atom. The Morgan fingerprint density at radius 1 is 0.825 bits per heavy atom. The molecule has 13 heteroatoms. The van der Waals surface area contributed by atoms with Crippen LogP contribution in [0.4, 0.5) is 4.79 Å². The number of nitrogens with one attached hydrogen (secondary N) is 2. The van der Waals surface area contributed by atoms with E-state index in [-0.39, 0.29) is 38.2 Å². The molecule has 1 aliphatic rings.